The number of rotatable bonds is 28. The van der Waals surface area contributed by atoms with E-state index in [0.717, 1.165) is 12.7 Å². The number of carbonyl (C=O) groups excluding carboxylic acids is 4. The second kappa shape index (κ2) is 26.0. The molecule has 0 spiro atoms. The zero-order chi connectivity index (χ0) is 48.7. The topological polar surface area (TPSA) is 150 Å². The molecule has 1 aliphatic heterocycles. The van der Waals surface area contributed by atoms with E-state index >= 15 is 4.79 Å². The van der Waals surface area contributed by atoms with Crippen molar-refractivity contribution in [3.8, 4) is 0 Å². The first-order valence-corrected chi connectivity index (χ1v) is 26.6. The summed E-state index contributed by atoms with van der Waals surface area (Å²) in [6, 6.07) is 7.15. The molecule has 14 nitrogen and oxygen atoms in total. The van der Waals surface area contributed by atoms with E-state index in [1.165, 1.54) is 0 Å². The molecule has 0 aromatic heterocycles. The number of amides is 3. The van der Waals surface area contributed by atoms with Crippen LogP contribution in [-0.2, 0) is 37.8 Å². The van der Waals surface area contributed by atoms with Gasteiger partial charge in [-0.25, -0.2) is 0 Å². The summed E-state index contributed by atoms with van der Waals surface area (Å²) in [6.45, 7) is 29.2. The molecule has 0 bridgehead atoms. The van der Waals surface area contributed by atoms with Crippen LogP contribution in [-0.4, -0.2) is 167 Å². The van der Waals surface area contributed by atoms with E-state index in [0.29, 0.717) is 51.3 Å². The maximum absolute atomic E-state index is 15.6. The van der Waals surface area contributed by atoms with E-state index in [1.54, 1.807) is 38.0 Å². The lowest BCUT2D eigenvalue weighted by atomic mass is 9.79. The predicted octanol–water partition coefficient (Wildman–Crippen LogP) is 6.38. The van der Waals surface area contributed by atoms with E-state index in [2.05, 4.69) is 57.9 Å². The monoisotopic (exact) mass is 920 g/mol. The fraction of sp³-hybridized carbons (Fsp3) is 0.796. The van der Waals surface area contributed by atoms with E-state index in [-0.39, 0.29) is 59.6 Å². The van der Waals surface area contributed by atoms with E-state index in [1.807, 2.05) is 76.9 Å². The van der Waals surface area contributed by atoms with Gasteiger partial charge in [0.25, 0.3) is 0 Å². The average molecular weight is 920 g/mol. The molecule has 1 aromatic carbocycles. The fourth-order valence-electron chi connectivity index (χ4n) is 9.30. The van der Waals surface area contributed by atoms with Gasteiger partial charge in [0.05, 0.1) is 50.5 Å². The smallest absolute Gasteiger partial charge is 0.246 e. The first-order chi connectivity index (χ1) is 29.9. The second-order valence-electron chi connectivity index (χ2n) is 20.2. The molecular formula is C49H89N5O9Si. The maximum Gasteiger partial charge on any atom is 0.246 e. The third kappa shape index (κ3) is 14.1. The van der Waals surface area contributed by atoms with Crippen molar-refractivity contribution in [2.75, 3.05) is 67.8 Å². The van der Waals surface area contributed by atoms with Gasteiger partial charge >= 0.3 is 0 Å². The van der Waals surface area contributed by atoms with Gasteiger partial charge in [0.2, 0.25) is 17.7 Å². The van der Waals surface area contributed by atoms with Crippen LogP contribution >= 0.6 is 0 Å². The minimum atomic E-state index is -1.87. The number of ether oxygens (including phenoxy) is 3. The van der Waals surface area contributed by atoms with Gasteiger partial charge in [-0.1, -0.05) is 85.7 Å². The van der Waals surface area contributed by atoms with E-state index in [9.17, 15) is 19.5 Å². The highest BCUT2D eigenvalue weighted by atomic mass is 28.4. The molecule has 2 N–H and O–H groups in total. The first kappa shape index (κ1) is 57.4. The van der Waals surface area contributed by atoms with Crippen LogP contribution in [0.3, 0.4) is 0 Å². The number of likely N-dealkylation sites (N-methyl/N-ethyl adjacent to an activating group) is 2. The largest absolute Gasteiger partial charge is 0.414 e. The second-order valence-corrected chi connectivity index (χ2v) is 25.0. The molecule has 2 rings (SSSR count). The minimum absolute atomic E-state index is 0.0126. The number of likely N-dealkylation sites (tertiary alicyclic amines) is 1. The quantitative estimate of drug-likeness (QED) is 0.0548. The maximum atomic E-state index is 15.6. The van der Waals surface area contributed by atoms with Crippen LogP contribution in [0.5, 0.6) is 0 Å². The zero-order valence-corrected chi connectivity index (χ0v) is 43.8. The minimum Gasteiger partial charge on any atom is -0.414 e. The Morgan fingerprint density at radius 2 is 1.59 bits per heavy atom. The number of benzene rings is 1. The van der Waals surface area contributed by atoms with Crippen molar-refractivity contribution in [3.63, 3.8) is 0 Å². The fourth-order valence-corrected chi connectivity index (χ4v) is 10.3. The highest BCUT2D eigenvalue weighted by molar-refractivity contribution is 6.74. The van der Waals surface area contributed by atoms with Crippen molar-refractivity contribution in [3.05, 3.63) is 35.9 Å². The molecule has 1 aromatic rings. The zero-order valence-electron chi connectivity index (χ0n) is 42.8. The molecule has 1 heterocycles. The highest BCUT2D eigenvalue weighted by Crippen LogP contribution is 2.44. The van der Waals surface area contributed by atoms with Gasteiger partial charge in [0.1, 0.15) is 24.1 Å². The average Bonchev–Trinajstić information content (AvgIpc) is 3.72. The Hall–Kier alpha value is -2.76. The van der Waals surface area contributed by atoms with Crippen LogP contribution in [0.15, 0.2) is 30.3 Å². The Morgan fingerprint density at radius 1 is 0.969 bits per heavy atom. The Balaban J connectivity index is 2.49. The number of nitrogens with zero attached hydrogens (tertiary/aromatic N) is 4. The van der Waals surface area contributed by atoms with Crippen molar-refractivity contribution in [1.29, 1.82) is 0 Å². The normalized spacial score (nSPS) is 19.4. The standard InChI is InChI=1S/C49H89N5O9Si/c1-18-36(6)49(41(60-14)26-29-55,53-27-22-25-40(53)45(61-15)37(7)46(58)50-38(8)44(57)39-23-20-19-21-24-39)52(13)47(59)43(34(2)3)54(35(4)5)42(56)33-51(12)28-30-62-31-32-63-64(16,17)48(9,10)11/h19-21,23-24,29,34-38,40-41,43-45,57H,18,22,25-28,30-33H2,1-17H3,(H,50,58)/t36-,37+,38+,40-,41+,43-,44+,45+,49+/m0/s1. The van der Waals surface area contributed by atoms with Gasteiger partial charge in [-0.15, -0.1) is 0 Å². The number of carbonyl (C=O) groups is 4. The van der Waals surface area contributed by atoms with Gasteiger partial charge in [-0.05, 0) is 82.6 Å². The lowest BCUT2D eigenvalue weighted by Crippen LogP contribution is -2.75. The molecular weight excluding hydrogens is 831 g/mol. The van der Waals surface area contributed by atoms with Gasteiger partial charge in [-0.3, -0.25) is 24.2 Å². The molecule has 1 aliphatic rings. The summed E-state index contributed by atoms with van der Waals surface area (Å²) in [6.07, 6.45) is 0.616. The molecule has 368 valence electrons. The Bertz CT molecular complexity index is 1580. The highest BCUT2D eigenvalue weighted by Gasteiger charge is 2.58. The van der Waals surface area contributed by atoms with Crippen molar-refractivity contribution in [2.45, 2.75) is 168 Å². The third-order valence-electron chi connectivity index (χ3n) is 14.1. The molecule has 3 amide bonds. The van der Waals surface area contributed by atoms with Gasteiger partial charge in [-0.2, -0.15) is 0 Å². The summed E-state index contributed by atoms with van der Waals surface area (Å²) < 4.78 is 24.7. The predicted molar refractivity (Wildman–Crippen MR) is 257 cm³/mol. The van der Waals surface area contributed by atoms with Crippen molar-refractivity contribution in [1.82, 2.24) is 24.9 Å². The Morgan fingerprint density at radius 3 is 2.11 bits per heavy atom. The number of aliphatic hydroxyl groups excluding tert-OH is 1. The lowest BCUT2D eigenvalue weighted by Gasteiger charge is -2.58. The van der Waals surface area contributed by atoms with E-state index in [4.69, 9.17) is 18.6 Å². The summed E-state index contributed by atoms with van der Waals surface area (Å²) in [5.74, 6) is -1.85. The molecule has 1 fully saturated rings. The van der Waals surface area contributed by atoms with Gasteiger partial charge in [0, 0.05) is 52.9 Å². The number of aldehydes is 1. The van der Waals surface area contributed by atoms with Crippen molar-refractivity contribution < 1.29 is 42.9 Å². The van der Waals surface area contributed by atoms with Crippen LogP contribution in [0.4, 0.5) is 0 Å². The molecule has 0 radical (unpaired) electrons. The van der Waals surface area contributed by atoms with Crippen LogP contribution in [0.25, 0.3) is 0 Å². The van der Waals surface area contributed by atoms with Gasteiger partial charge in [0.15, 0.2) is 8.32 Å². The number of hydrogen-bond acceptors (Lipinski definition) is 11. The molecule has 1 saturated heterocycles. The third-order valence-corrected chi connectivity index (χ3v) is 18.7. The van der Waals surface area contributed by atoms with Crippen molar-refractivity contribution >= 4 is 32.3 Å². The number of hydrogen-bond donors (Lipinski definition) is 2. The summed E-state index contributed by atoms with van der Waals surface area (Å²) in [7, 11) is 4.96. The molecule has 64 heavy (non-hydrogen) atoms. The lowest BCUT2D eigenvalue weighted by molar-refractivity contribution is -0.201. The van der Waals surface area contributed by atoms with Crippen LogP contribution in [0.1, 0.15) is 114 Å². The SMILES string of the molecule is CC[C@H](C)[C@@]([C@@H](CC=O)OC)(N(C)C(=O)[C@H](C(C)C)N(C(=O)CN(C)CCOCCO[Si](C)(C)C(C)(C)C)C(C)C)N1CCC[C@H]1[C@H](OC)[C@@H](C)C(=O)N[C@H](C)[C@@H](O)c1ccccc1. The van der Waals surface area contributed by atoms with Gasteiger partial charge < -0.3 is 43.7 Å². The molecule has 0 saturated carbocycles. The van der Waals surface area contributed by atoms with Crippen LogP contribution in [0.2, 0.25) is 18.1 Å². The molecule has 15 heteroatoms. The number of nitrogens with one attached hydrogen (secondary N) is 1. The first-order valence-electron chi connectivity index (χ1n) is 23.7. The summed E-state index contributed by atoms with van der Waals surface area (Å²) in [5.41, 5.74) is -0.485. The summed E-state index contributed by atoms with van der Waals surface area (Å²) in [5, 5.41) is 14.2. The number of aliphatic hydroxyl groups is 1. The summed E-state index contributed by atoms with van der Waals surface area (Å²) >= 11 is 0. The van der Waals surface area contributed by atoms with E-state index < -0.39 is 50.3 Å². The molecule has 9 atom stereocenters. The van der Waals surface area contributed by atoms with Crippen LogP contribution < -0.4 is 5.32 Å². The number of methoxy groups -OCH3 is 2. The molecule has 0 aliphatic carbocycles. The van der Waals surface area contributed by atoms with Crippen molar-refractivity contribution in [2.24, 2.45) is 17.8 Å². The molecule has 0 unspecified atom stereocenters. The summed E-state index contributed by atoms with van der Waals surface area (Å²) in [4.78, 5) is 64.2. The Labute approximate surface area is 388 Å². The Kier molecular flexibility index (Phi) is 23.3. The van der Waals surface area contributed by atoms with Crippen LogP contribution in [0, 0.1) is 17.8 Å².